The minimum absolute atomic E-state index is 0.137. The van der Waals surface area contributed by atoms with Crippen molar-refractivity contribution in [2.75, 3.05) is 0 Å². The predicted octanol–water partition coefficient (Wildman–Crippen LogP) is 3.94. The molecule has 1 aromatic carbocycles. The molecule has 2 rings (SSSR count). The van der Waals surface area contributed by atoms with Gasteiger partial charge in [0, 0.05) is 11.6 Å². The van der Waals surface area contributed by atoms with Crippen molar-refractivity contribution in [3.63, 3.8) is 0 Å². The molecule has 7 heteroatoms. The van der Waals surface area contributed by atoms with Crippen LogP contribution in [-0.4, -0.2) is 22.8 Å². The molecule has 1 heterocycles. The molecule has 1 aromatic heterocycles. The molecule has 0 amide bonds. The van der Waals surface area contributed by atoms with Crippen molar-refractivity contribution in [3.8, 4) is 0 Å². The van der Waals surface area contributed by atoms with E-state index in [0.29, 0.717) is 5.56 Å². The van der Waals surface area contributed by atoms with Gasteiger partial charge in [0.1, 0.15) is 10.7 Å². The minimum Gasteiger partial charge on any atom is -0.451 e. The third kappa shape index (κ3) is 4.44. The lowest BCUT2D eigenvalue weighted by molar-refractivity contribution is -0.402. The summed E-state index contributed by atoms with van der Waals surface area (Å²) >= 11 is 0. The highest BCUT2D eigenvalue weighted by molar-refractivity contribution is 6.02. The predicted molar refractivity (Wildman–Crippen MR) is 94.9 cm³/mol. The first-order chi connectivity index (χ1) is 12.2. The number of ether oxygens (including phenoxy) is 1. The van der Waals surface area contributed by atoms with Crippen molar-refractivity contribution >= 4 is 23.7 Å². The van der Waals surface area contributed by atoms with Crippen molar-refractivity contribution in [2.45, 2.75) is 33.8 Å². The molecule has 26 heavy (non-hydrogen) atoms. The number of esters is 1. The van der Waals surface area contributed by atoms with Crippen LogP contribution in [0.3, 0.4) is 0 Å². The summed E-state index contributed by atoms with van der Waals surface area (Å²) in [7, 11) is 0. The third-order valence-electron chi connectivity index (χ3n) is 3.94. The van der Waals surface area contributed by atoms with Gasteiger partial charge in [0.2, 0.25) is 5.78 Å². The van der Waals surface area contributed by atoms with E-state index in [1.165, 1.54) is 25.1 Å². The van der Waals surface area contributed by atoms with E-state index in [9.17, 15) is 19.7 Å². The van der Waals surface area contributed by atoms with Crippen LogP contribution in [0.4, 0.5) is 5.88 Å². The summed E-state index contributed by atoms with van der Waals surface area (Å²) in [4.78, 5) is 34.3. The molecule has 0 bridgehead atoms. The van der Waals surface area contributed by atoms with Crippen molar-refractivity contribution in [3.05, 3.63) is 68.5 Å². The second kappa shape index (κ2) is 7.77. The first-order valence-electron chi connectivity index (χ1n) is 7.94. The number of aryl methyl sites for hydroxylation is 3. The second-order valence-electron chi connectivity index (χ2n) is 5.96. The number of furan rings is 1. The molecule has 0 aliphatic carbocycles. The Kier molecular flexibility index (Phi) is 5.71. The Morgan fingerprint density at radius 2 is 1.81 bits per heavy atom. The summed E-state index contributed by atoms with van der Waals surface area (Å²) in [6.45, 7) is 7.20. The summed E-state index contributed by atoms with van der Waals surface area (Å²) in [5.41, 5.74) is 3.40. The first-order valence-corrected chi connectivity index (χ1v) is 7.94. The Labute approximate surface area is 150 Å². The number of hydrogen-bond acceptors (Lipinski definition) is 6. The van der Waals surface area contributed by atoms with E-state index >= 15 is 0 Å². The SMILES string of the molecule is Cc1cc(C)c(C(=O)[C@H](C)OC(=O)/C=C/c2ccc([N+](=O)[O-])o2)cc1C. The van der Waals surface area contributed by atoms with Crippen LogP contribution in [0.1, 0.15) is 39.7 Å². The summed E-state index contributed by atoms with van der Waals surface area (Å²) in [5, 5.41) is 10.5. The maximum atomic E-state index is 12.5. The van der Waals surface area contributed by atoms with Gasteiger partial charge in [0.25, 0.3) is 0 Å². The lowest BCUT2D eigenvalue weighted by Gasteiger charge is -2.14. The third-order valence-corrected chi connectivity index (χ3v) is 3.94. The maximum Gasteiger partial charge on any atom is 0.433 e. The van der Waals surface area contributed by atoms with Crippen LogP contribution < -0.4 is 0 Å². The van der Waals surface area contributed by atoms with Crippen LogP contribution >= 0.6 is 0 Å². The van der Waals surface area contributed by atoms with Crippen LogP contribution in [-0.2, 0) is 9.53 Å². The number of rotatable bonds is 6. The Morgan fingerprint density at radius 1 is 1.15 bits per heavy atom. The molecule has 0 N–H and O–H groups in total. The van der Waals surface area contributed by atoms with Gasteiger partial charge in [-0.25, -0.2) is 4.79 Å². The van der Waals surface area contributed by atoms with Gasteiger partial charge in [0.15, 0.2) is 6.10 Å². The fraction of sp³-hybridized carbons (Fsp3) is 0.263. The second-order valence-corrected chi connectivity index (χ2v) is 5.96. The molecule has 0 spiro atoms. The van der Waals surface area contributed by atoms with Crippen LogP contribution in [0.5, 0.6) is 0 Å². The zero-order chi connectivity index (χ0) is 19.4. The molecule has 0 saturated carbocycles. The number of Topliss-reactive ketones (excluding diaryl/α,β-unsaturated/α-hetero) is 1. The Bertz CT molecular complexity index is 893. The lowest BCUT2D eigenvalue weighted by atomic mass is 9.96. The molecule has 0 radical (unpaired) electrons. The normalized spacial score (nSPS) is 12.2. The van der Waals surface area contributed by atoms with Gasteiger partial charge < -0.3 is 9.15 Å². The number of nitro groups is 1. The van der Waals surface area contributed by atoms with E-state index in [2.05, 4.69) is 0 Å². The molecule has 0 unspecified atom stereocenters. The van der Waals surface area contributed by atoms with Gasteiger partial charge >= 0.3 is 11.9 Å². The molecular weight excluding hydrogens is 338 g/mol. The topological polar surface area (TPSA) is 99.7 Å². The zero-order valence-corrected chi connectivity index (χ0v) is 14.9. The van der Waals surface area contributed by atoms with Gasteiger partial charge in [-0.05, 0) is 62.6 Å². The van der Waals surface area contributed by atoms with E-state index in [-0.39, 0.29) is 11.5 Å². The molecule has 0 aliphatic rings. The minimum atomic E-state index is -0.959. The Morgan fingerprint density at radius 3 is 2.42 bits per heavy atom. The Hall–Kier alpha value is -3.22. The van der Waals surface area contributed by atoms with Crippen LogP contribution in [0.2, 0.25) is 0 Å². The fourth-order valence-corrected chi connectivity index (χ4v) is 2.39. The van der Waals surface area contributed by atoms with Crippen molar-refractivity contribution in [2.24, 2.45) is 0 Å². The van der Waals surface area contributed by atoms with Crippen LogP contribution in [0.25, 0.3) is 6.08 Å². The molecular formula is C19H19NO6. The highest BCUT2D eigenvalue weighted by atomic mass is 16.6. The Balaban J connectivity index is 2.04. The van der Waals surface area contributed by atoms with Crippen molar-refractivity contribution in [1.82, 2.24) is 0 Å². The number of benzene rings is 1. The van der Waals surface area contributed by atoms with E-state index < -0.39 is 22.9 Å². The summed E-state index contributed by atoms with van der Waals surface area (Å²) < 4.78 is 10.0. The van der Waals surface area contributed by atoms with E-state index in [1.807, 2.05) is 26.8 Å². The van der Waals surface area contributed by atoms with Gasteiger partial charge in [-0.3, -0.25) is 14.9 Å². The van der Waals surface area contributed by atoms with E-state index in [0.717, 1.165) is 22.8 Å². The highest BCUT2D eigenvalue weighted by Gasteiger charge is 2.21. The summed E-state index contributed by atoms with van der Waals surface area (Å²) in [6, 6.07) is 6.24. The summed E-state index contributed by atoms with van der Waals surface area (Å²) in [6.07, 6.45) is 1.34. The molecule has 136 valence electrons. The highest BCUT2D eigenvalue weighted by Crippen LogP contribution is 2.19. The molecule has 0 aliphatic heterocycles. The van der Waals surface area contributed by atoms with Gasteiger partial charge in [0.05, 0.1) is 6.07 Å². The number of nitrogens with zero attached hydrogens (tertiary/aromatic N) is 1. The fourth-order valence-electron chi connectivity index (χ4n) is 2.39. The molecule has 2 aromatic rings. The quantitative estimate of drug-likeness (QED) is 0.255. The van der Waals surface area contributed by atoms with Gasteiger partial charge in [-0.2, -0.15) is 0 Å². The number of ketones is 1. The largest absolute Gasteiger partial charge is 0.451 e. The lowest BCUT2D eigenvalue weighted by Crippen LogP contribution is -2.24. The van der Waals surface area contributed by atoms with E-state index in [4.69, 9.17) is 9.15 Å². The molecule has 0 fully saturated rings. The van der Waals surface area contributed by atoms with E-state index in [1.54, 1.807) is 6.07 Å². The average molecular weight is 357 g/mol. The van der Waals surface area contributed by atoms with Gasteiger partial charge in [-0.15, -0.1) is 0 Å². The monoisotopic (exact) mass is 357 g/mol. The van der Waals surface area contributed by atoms with Gasteiger partial charge in [-0.1, -0.05) is 6.07 Å². The number of carbonyl (C=O) groups is 2. The number of hydrogen-bond donors (Lipinski definition) is 0. The maximum absolute atomic E-state index is 12.5. The standard InChI is InChI=1S/C19H19NO6/c1-11-9-13(3)16(10-12(11)2)19(22)14(4)25-18(21)8-6-15-5-7-17(26-15)20(23)24/h5-10,14H,1-4H3/b8-6+/t14-/m0/s1. The molecule has 7 nitrogen and oxygen atoms in total. The van der Waals surface area contributed by atoms with Crippen LogP contribution in [0, 0.1) is 30.9 Å². The molecule has 0 saturated heterocycles. The summed E-state index contributed by atoms with van der Waals surface area (Å²) in [5.74, 6) is -1.32. The van der Waals surface area contributed by atoms with Crippen LogP contribution in [0.15, 0.2) is 34.8 Å². The first kappa shape index (κ1) is 19.1. The number of carbonyl (C=O) groups excluding carboxylic acids is 2. The smallest absolute Gasteiger partial charge is 0.433 e. The molecule has 1 atom stereocenters. The average Bonchev–Trinajstić information content (AvgIpc) is 3.05. The van der Waals surface area contributed by atoms with Crippen molar-refractivity contribution in [1.29, 1.82) is 0 Å². The van der Waals surface area contributed by atoms with Crippen molar-refractivity contribution < 1.29 is 23.7 Å². The zero-order valence-electron chi connectivity index (χ0n) is 14.9.